The van der Waals surface area contributed by atoms with Crippen molar-refractivity contribution in [1.82, 2.24) is 20.5 Å². The first-order valence-corrected chi connectivity index (χ1v) is 12.9. The van der Waals surface area contributed by atoms with Crippen LogP contribution in [0.3, 0.4) is 0 Å². The molecule has 0 unspecified atom stereocenters. The molecule has 190 valence electrons. The molecule has 0 radical (unpaired) electrons. The number of halogens is 3. The maximum atomic E-state index is 13.3. The van der Waals surface area contributed by atoms with E-state index >= 15 is 0 Å². The van der Waals surface area contributed by atoms with E-state index in [0.29, 0.717) is 50.0 Å². The Balaban J connectivity index is 1.67. The number of rotatable bonds is 4. The first-order valence-electron chi connectivity index (χ1n) is 11.8. The van der Waals surface area contributed by atoms with Crippen LogP contribution >= 0.6 is 34.8 Å². The van der Waals surface area contributed by atoms with Crippen LogP contribution in [-0.2, 0) is 0 Å². The van der Waals surface area contributed by atoms with Crippen molar-refractivity contribution in [2.75, 3.05) is 0 Å². The summed E-state index contributed by atoms with van der Waals surface area (Å²) in [6.07, 6.45) is 0.560. The summed E-state index contributed by atoms with van der Waals surface area (Å²) >= 11 is 19.0. The van der Waals surface area contributed by atoms with Crippen LogP contribution in [0.2, 0.25) is 15.1 Å². The van der Waals surface area contributed by atoms with Gasteiger partial charge in [-0.3, -0.25) is 9.89 Å². The molecule has 5 rings (SSSR count). The van der Waals surface area contributed by atoms with Crippen molar-refractivity contribution in [3.05, 3.63) is 86.1 Å². The standard InChI is InChI=1S/C28H25Cl3N4O2/c1-14-24(15(2)35-34-14)26(36)32-23-13-28(3,4)37-27-21(23)12-20(16-5-7-17(29)8-6-16)25(33-27)19-10-9-18(30)11-22(19)31/h5-12,23H,13H2,1-4H3,(H,32,36)(H,34,35)/t23-/m1/s1. The zero-order valence-electron chi connectivity index (χ0n) is 20.7. The summed E-state index contributed by atoms with van der Waals surface area (Å²) in [5.41, 5.74) is 5.22. The lowest BCUT2D eigenvalue weighted by Gasteiger charge is -2.37. The van der Waals surface area contributed by atoms with Gasteiger partial charge in [0.15, 0.2) is 0 Å². The van der Waals surface area contributed by atoms with Crippen molar-refractivity contribution >= 4 is 40.7 Å². The minimum absolute atomic E-state index is 0.199. The summed E-state index contributed by atoms with van der Waals surface area (Å²) in [4.78, 5) is 18.3. The molecule has 1 aliphatic heterocycles. The van der Waals surface area contributed by atoms with Crippen LogP contribution in [0.5, 0.6) is 5.88 Å². The van der Waals surface area contributed by atoms with E-state index in [0.717, 1.165) is 22.3 Å². The number of carbonyl (C=O) groups is 1. The number of aromatic nitrogens is 3. The van der Waals surface area contributed by atoms with Gasteiger partial charge in [0, 0.05) is 38.9 Å². The lowest BCUT2D eigenvalue weighted by atomic mass is 9.88. The first-order chi connectivity index (χ1) is 17.5. The van der Waals surface area contributed by atoms with Crippen LogP contribution in [0.4, 0.5) is 0 Å². The van der Waals surface area contributed by atoms with Crippen molar-refractivity contribution in [3.8, 4) is 28.3 Å². The number of hydrogen-bond donors (Lipinski definition) is 2. The zero-order chi connectivity index (χ0) is 26.5. The van der Waals surface area contributed by atoms with Crippen LogP contribution < -0.4 is 10.1 Å². The fraction of sp³-hybridized carbons (Fsp3) is 0.250. The van der Waals surface area contributed by atoms with Gasteiger partial charge < -0.3 is 10.1 Å². The average molecular weight is 556 g/mol. The summed E-state index contributed by atoms with van der Waals surface area (Å²) in [5.74, 6) is 0.246. The van der Waals surface area contributed by atoms with Crippen LogP contribution in [0.25, 0.3) is 22.4 Å². The van der Waals surface area contributed by atoms with Crippen LogP contribution in [0, 0.1) is 13.8 Å². The molecule has 4 aromatic rings. The minimum Gasteiger partial charge on any atom is -0.471 e. The molecule has 0 saturated carbocycles. The average Bonchev–Trinajstić information content (AvgIpc) is 3.16. The Morgan fingerprint density at radius 2 is 1.73 bits per heavy atom. The van der Waals surface area contributed by atoms with E-state index in [1.54, 1.807) is 12.1 Å². The molecule has 1 aliphatic rings. The predicted octanol–water partition coefficient (Wildman–Crippen LogP) is 7.75. The smallest absolute Gasteiger partial charge is 0.255 e. The molecular weight excluding hydrogens is 531 g/mol. The Morgan fingerprint density at radius 1 is 1.03 bits per heavy atom. The van der Waals surface area contributed by atoms with E-state index in [2.05, 4.69) is 15.5 Å². The lowest BCUT2D eigenvalue weighted by Crippen LogP contribution is -2.42. The summed E-state index contributed by atoms with van der Waals surface area (Å²) < 4.78 is 6.33. The topological polar surface area (TPSA) is 79.9 Å². The van der Waals surface area contributed by atoms with Gasteiger partial charge in [-0.1, -0.05) is 46.9 Å². The molecule has 0 saturated heterocycles. The summed E-state index contributed by atoms with van der Waals surface area (Å²) in [6, 6.07) is 14.5. The van der Waals surface area contributed by atoms with Crippen LogP contribution in [-0.4, -0.2) is 26.7 Å². The molecule has 0 aliphatic carbocycles. The Labute approximate surface area is 230 Å². The molecule has 6 nitrogen and oxygen atoms in total. The number of nitrogens with one attached hydrogen (secondary N) is 2. The number of H-pyrrole nitrogens is 1. The highest BCUT2D eigenvalue weighted by molar-refractivity contribution is 6.36. The fourth-order valence-corrected chi connectivity index (χ4v) is 5.35. The van der Waals surface area contributed by atoms with Gasteiger partial charge in [-0.2, -0.15) is 5.10 Å². The SMILES string of the molecule is Cc1n[nH]c(C)c1C(=O)N[C@@H]1CC(C)(C)Oc2nc(-c3ccc(Cl)cc3Cl)c(-c3ccc(Cl)cc3)cc21. The number of fused-ring (bicyclic) bond motifs is 1. The number of aryl methyl sites for hydroxylation is 2. The van der Waals surface area contributed by atoms with Crippen LogP contribution in [0.15, 0.2) is 48.5 Å². The Morgan fingerprint density at radius 3 is 2.38 bits per heavy atom. The molecule has 0 spiro atoms. The largest absolute Gasteiger partial charge is 0.471 e. The number of hydrogen-bond acceptors (Lipinski definition) is 4. The minimum atomic E-state index is -0.568. The first kappa shape index (κ1) is 25.6. The molecule has 0 bridgehead atoms. The predicted molar refractivity (Wildman–Crippen MR) is 148 cm³/mol. The number of carbonyl (C=O) groups excluding carboxylic acids is 1. The monoisotopic (exact) mass is 554 g/mol. The molecular formula is C28H25Cl3N4O2. The Hall–Kier alpha value is -3.06. The van der Waals surface area contributed by atoms with Gasteiger partial charge >= 0.3 is 0 Å². The zero-order valence-corrected chi connectivity index (χ0v) is 23.0. The Bertz CT molecular complexity index is 1490. The van der Waals surface area contributed by atoms with E-state index in [4.69, 9.17) is 44.5 Å². The molecule has 37 heavy (non-hydrogen) atoms. The number of pyridine rings is 1. The van der Waals surface area contributed by atoms with Gasteiger partial charge in [0.1, 0.15) is 5.60 Å². The van der Waals surface area contributed by atoms with Gasteiger partial charge in [0.25, 0.3) is 5.91 Å². The Kier molecular flexibility index (Phi) is 6.69. The van der Waals surface area contributed by atoms with Crippen molar-refractivity contribution in [3.63, 3.8) is 0 Å². The van der Waals surface area contributed by atoms with E-state index < -0.39 is 5.60 Å². The maximum absolute atomic E-state index is 13.3. The van der Waals surface area contributed by atoms with Crippen molar-refractivity contribution < 1.29 is 9.53 Å². The van der Waals surface area contributed by atoms with Crippen molar-refractivity contribution in [1.29, 1.82) is 0 Å². The highest BCUT2D eigenvalue weighted by Crippen LogP contribution is 2.45. The summed E-state index contributed by atoms with van der Waals surface area (Å²) in [6.45, 7) is 7.60. The second kappa shape index (κ2) is 9.67. The number of amides is 1. The number of nitrogens with zero attached hydrogens (tertiary/aromatic N) is 2. The highest BCUT2D eigenvalue weighted by Gasteiger charge is 2.37. The van der Waals surface area contributed by atoms with Gasteiger partial charge in [0.05, 0.1) is 28.0 Å². The van der Waals surface area contributed by atoms with Gasteiger partial charge in [-0.05, 0) is 69.7 Å². The summed E-state index contributed by atoms with van der Waals surface area (Å²) in [7, 11) is 0. The quantitative estimate of drug-likeness (QED) is 0.270. The lowest BCUT2D eigenvalue weighted by molar-refractivity contribution is 0.0572. The molecule has 9 heteroatoms. The molecule has 3 heterocycles. The van der Waals surface area contributed by atoms with E-state index in [9.17, 15) is 4.79 Å². The molecule has 1 atom stereocenters. The second-order valence-corrected chi connectivity index (χ2v) is 11.1. The summed E-state index contributed by atoms with van der Waals surface area (Å²) in [5, 5.41) is 11.9. The number of ether oxygens (including phenoxy) is 1. The molecule has 1 amide bonds. The van der Waals surface area contributed by atoms with E-state index in [1.807, 2.05) is 64.1 Å². The van der Waals surface area contributed by atoms with Gasteiger partial charge in [0.2, 0.25) is 5.88 Å². The van der Waals surface area contributed by atoms with E-state index in [-0.39, 0.29) is 11.9 Å². The molecule has 2 N–H and O–H groups in total. The molecule has 0 fully saturated rings. The highest BCUT2D eigenvalue weighted by atomic mass is 35.5. The van der Waals surface area contributed by atoms with Gasteiger partial charge in [-0.15, -0.1) is 0 Å². The van der Waals surface area contributed by atoms with Crippen LogP contribution in [0.1, 0.15) is 53.6 Å². The fourth-order valence-electron chi connectivity index (χ4n) is 4.73. The third kappa shape index (κ3) is 5.06. The molecule has 2 aromatic carbocycles. The van der Waals surface area contributed by atoms with E-state index in [1.165, 1.54) is 0 Å². The number of aromatic amines is 1. The normalized spacial score (nSPS) is 16.1. The number of benzene rings is 2. The molecule has 2 aromatic heterocycles. The van der Waals surface area contributed by atoms with Crippen molar-refractivity contribution in [2.45, 2.75) is 45.8 Å². The van der Waals surface area contributed by atoms with Crippen molar-refractivity contribution in [2.24, 2.45) is 0 Å². The second-order valence-electron chi connectivity index (χ2n) is 9.81. The third-order valence-corrected chi connectivity index (χ3v) is 7.26. The maximum Gasteiger partial charge on any atom is 0.255 e. The third-order valence-electron chi connectivity index (χ3n) is 6.46. The van der Waals surface area contributed by atoms with Gasteiger partial charge in [-0.25, -0.2) is 4.98 Å².